The van der Waals surface area contributed by atoms with Crippen molar-refractivity contribution >= 4 is 0 Å². The predicted molar refractivity (Wildman–Crippen MR) is 96.5 cm³/mol. The number of hydrogen-bond donors (Lipinski definition) is 0. The van der Waals surface area contributed by atoms with Gasteiger partial charge in [0.05, 0.1) is 0 Å². The number of nitrogens with zero attached hydrogens (tertiary/aromatic N) is 2. The highest BCUT2D eigenvalue weighted by atomic mass is 15.3. The van der Waals surface area contributed by atoms with E-state index in [2.05, 4.69) is 41.0 Å². The highest BCUT2D eigenvalue weighted by molar-refractivity contribution is 5.25. The van der Waals surface area contributed by atoms with E-state index in [1.165, 1.54) is 70.1 Å². The molecule has 2 heteroatoms. The highest BCUT2D eigenvalue weighted by Crippen LogP contribution is 2.38. The molecule has 0 amide bonds. The number of rotatable bonds is 3. The van der Waals surface area contributed by atoms with Crippen molar-refractivity contribution in [3.05, 3.63) is 35.4 Å². The topological polar surface area (TPSA) is 6.48 Å². The van der Waals surface area contributed by atoms with E-state index in [9.17, 15) is 0 Å². The summed E-state index contributed by atoms with van der Waals surface area (Å²) in [6.07, 6.45) is 10.2. The van der Waals surface area contributed by atoms with Crippen molar-refractivity contribution in [1.29, 1.82) is 0 Å². The maximum atomic E-state index is 2.87. The molecule has 1 saturated carbocycles. The molecule has 0 bridgehead atoms. The van der Waals surface area contributed by atoms with Crippen LogP contribution in [-0.4, -0.2) is 41.5 Å². The number of hydrogen-bond acceptors (Lipinski definition) is 2. The molecule has 0 spiro atoms. The molecule has 2 atom stereocenters. The lowest BCUT2D eigenvalue weighted by molar-refractivity contribution is -0.00389. The molecule has 0 N–H and O–H groups in total. The second-order valence-electron chi connectivity index (χ2n) is 8.03. The minimum absolute atomic E-state index is 0.811. The summed E-state index contributed by atoms with van der Waals surface area (Å²) in [5.41, 5.74) is 3.00. The molecular formula is C21H32N2. The van der Waals surface area contributed by atoms with Gasteiger partial charge in [0.15, 0.2) is 0 Å². The maximum absolute atomic E-state index is 2.87. The number of piperazine rings is 1. The zero-order valence-corrected chi connectivity index (χ0v) is 14.7. The van der Waals surface area contributed by atoms with Crippen molar-refractivity contribution in [3.8, 4) is 0 Å². The van der Waals surface area contributed by atoms with Crippen LogP contribution in [0, 0.1) is 12.8 Å². The van der Waals surface area contributed by atoms with E-state index in [0.717, 1.165) is 24.5 Å². The van der Waals surface area contributed by atoms with E-state index in [0.29, 0.717) is 0 Å². The molecule has 1 aliphatic carbocycles. The molecule has 23 heavy (non-hydrogen) atoms. The smallest absolute Gasteiger partial charge is 0.0283 e. The third-order valence-corrected chi connectivity index (χ3v) is 6.67. The summed E-state index contributed by atoms with van der Waals surface area (Å²) in [5, 5.41) is 0. The van der Waals surface area contributed by atoms with Crippen molar-refractivity contribution in [2.75, 3.05) is 19.6 Å². The normalized spacial score (nSPS) is 30.5. The predicted octanol–water partition coefficient (Wildman–Crippen LogP) is 4.22. The monoisotopic (exact) mass is 312 g/mol. The Hall–Kier alpha value is -0.860. The van der Waals surface area contributed by atoms with Crippen molar-refractivity contribution in [1.82, 2.24) is 9.80 Å². The van der Waals surface area contributed by atoms with Gasteiger partial charge in [0.1, 0.15) is 0 Å². The van der Waals surface area contributed by atoms with Gasteiger partial charge in [-0.05, 0) is 56.2 Å². The van der Waals surface area contributed by atoms with Gasteiger partial charge in [-0.25, -0.2) is 0 Å². The molecule has 1 aromatic carbocycles. The van der Waals surface area contributed by atoms with Crippen LogP contribution in [0.15, 0.2) is 24.3 Å². The Bertz CT molecular complexity index is 520. The molecule has 2 aliphatic heterocycles. The lowest BCUT2D eigenvalue weighted by Crippen LogP contribution is -2.59. The highest BCUT2D eigenvalue weighted by Gasteiger charge is 2.42. The van der Waals surface area contributed by atoms with E-state index >= 15 is 0 Å². The van der Waals surface area contributed by atoms with Crippen molar-refractivity contribution in [3.63, 3.8) is 0 Å². The Balaban J connectivity index is 1.56. The van der Waals surface area contributed by atoms with Crippen LogP contribution >= 0.6 is 0 Å². The molecule has 3 fully saturated rings. The third-order valence-electron chi connectivity index (χ3n) is 6.67. The van der Waals surface area contributed by atoms with Crippen LogP contribution in [0.3, 0.4) is 0 Å². The Morgan fingerprint density at radius 1 is 0.913 bits per heavy atom. The van der Waals surface area contributed by atoms with Crippen molar-refractivity contribution < 1.29 is 0 Å². The van der Waals surface area contributed by atoms with E-state index in [1.807, 2.05) is 0 Å². The molecule has 0 radical (unpaired) electrons. The second-order valence-corrected chi connectivity index (χ2v) is 8.03. The molecule has 1 aromatic rings. The Kier molecular flexibility index (Phi) is 4.73. The van der Waals surface area contributed by atoms with Crippen LogP contribution in [0.4, 0.5) is 0 Å². The van der Waals surface area contributed by atoms with Gasteiger partial charge < -0.3 is 0 Å². The van der Waals surface area contributed by atoms with Gasteiger partial charge in [0, 0.05) is 31.7 Å². The summed E-state index contributed by atoms with van der Waals surface area (Å²) in [7, 11) is 0. The molecule has 2 heterocycles. The summed E-state index contributed by atoms with van der Waals surface area (Å²) in [6, 6.07) is 10.7. The lowest BCUT2D eigenvalue weighted by atomic mass is 9.78. The Morgan fingerprint density at radius 2 is 1.74 bits per heavy atom. The molecule has 0 unspecified atom stereocenters. The zero-order valence-electron chi connectivity index (χ0n) is 14.7. The van der Waals surface area contributed by atoms with Crippen molar-refractivity contribution in [2.45, 2.75) is 70.5 Å². The number of benzene rings is 1. The first kappa shape index (κ1) is 15.7. The third kappa shape index (κ3) is 3.21. The fourth-order valence-corrected chi connectivity index (χ4v) is 5.44. The van der Waals surface area contributed by atoms with E-state index in [-0.39, 0.29) is 0 Å². The zero-order chi connectivity index (χ0) is 15.6. The average Bonchev–Trinajstić information content (AvgIpc) is 3.06. The van der Waals surface area contributed by atoms with E-state index in [1.54, 1.807) is 5.56 Å². The van der Waals surface area contributed by atoms with E-state index < -0.39 is 0 Å². The fraction of sp³-hybridized carbons (Fsp3) is 0.714. The Morgan fingerprint density at radius 3 is 2.57 bits per heavy atom. The Labute approximate surface area is 141 Å². The molecule has 2 saturated heterocycles. The quantitative estimate of drug-likeness (QED) is 0.824. The van der Waals surface area contributed by atoms with Crippen LogP contribution in [0.25, 0.3) is 0 Å². The first-order valence-corrected chi connectivity index (χ1v) is 9.85. The van der Waals surface area contributed by atoms with Gasteiger partial charge >= 0.3 is 0 Å². The number of fused-ring (bicyclic) bond motifs is 1. The van der Waals surface area contributed by atoms with Gasteiger partial charge in [-0.2, -0.15) is 0 Å². The SMILES string of the molecule is Cc1ccccc1CN1CCN2CCC[C@H]2[C@H]1C1CCCCC1. The first-order chi connectivity index (χ1) is 11.3. The van der Waals surface area contributed by atoms with Gasteiger partial charge in [0.25, 0.3) is 0 Å². The van der Waals surface area contributed by atoms with E-state index in [4.69, 9.17) is 0 Å². The van der Waals surface area contributed by atoms with Crippen LogP contribution in [-0.2, 0) is 6.54 Å². The summed E-state index contributed by atoms with van der Waals surface area (Å²) in [5.74, 6) is 0.943. The van der Waals surface area contributed by atoms with Gasteiger partial charge in [-0.15, -0.1) is 0 Å². The van der Waals surface area contributed by atoms with Crippen LogP contribution in [0.2, 0.25) is 0 Å². The minimum atomic E-state index is 0.811. The standard InChI is InChI=1S/C21H32N2/c1-17-8-5-6-11-19(17)16-23-15-14-22-13-7-12-20(22)21(23)18-9-3-2-4-10-18/h5-6,8,11,18,20-21H,2-4,7,9-10,12-16H2,1H3/t20-,21+/m0/s1. The molecule has 126 valence electrons. The second kappa shape index (κ2) is 6.94. The first-order valence-electron chi connectivity index (χ1n) is 9.85. The molecule has 2 nitrogen and oxygen atoms in total. The summed E-state index contributed by atoms with van der Waals surface area (Å²) in [4.78, 5) is 5.68. The summed E-state index contributed by atoms with van der Waals surface area (Å²) in [6.45, 7) is 7.35. The average molecular weight is 313 g/mol. The van der Waals surface area contributed by atoms with Gasteiger partial charge in [-0.1, -0.05) is 43.5 Å². The lowest BCUT2D eigenvalue weighted by Gasteiger charge is -2.49. The van der Waals surface area contributed by atoms with Gasteiger partial charge in [-0.3, -0.25) is 9.80 Å². The molecule has 4 rings (SSSR count). The van der Waals surface area contributed by atoms with Crippen LogP contribution in [0.5, 0.6) is 0 Å². The van der Waals surface area contributed by atoms with Gasteiger partial charge in [0.2, 0.25) is 0 Å². The summed E-state index contributed by atoms with van der Waals surface area (Å²) < 4.78 is 0. The molecule has 0 aromatic heterocycles. The minimum Gasteiger partial charge on any atom is -0.298 e. The largest absolute Gasteiger partial charge is 0.298 e. The fourth-order valence-electron chi connectivity index (χ4n) is 5.44. The van der Waals surface area contributed by atoms with Crippen LogP contribution in [0.1, 0.15) is 56.1 Å². The van der Waals surface area contributed by atoms with Crippen molar-refractivity contribution in [2.24, 2.45) is 5.92 Å². The molecular weight excluding hydrogens is 280 g/mol. The van der Waals surface area contributed by atoms with Crippen LogP contribution < -0.4 is 0 Å². The summed E-state index contributed by atoms with van der Waals surface area (Å²) >= 11 is 0. The number of aryl methyl sites for hydroxylation is 1. The molecule has 3 aliphatic rings. The maximum Gasteiger partial charge on any atom is 0.0283 e.